The smallest absolute Gasteiger partial charge is 0.184 e. The lowest BCUT2D eigenvalue weighted by atomic mass is 9.96. The fourth-order valence-corrected chi connectivity index (χ4v) is 3.47. The standard InChI is InChI=1S/C19H24ClN7/c1-19(2,3)18-22-16(26-9-8-13(21)11-26)15-17(23-18)27(25-24-15)10-12-6-4-5-7-14(12)20/h4-7,13H,8-11,21H2,1-3H3. The van der Waals surface area contributed by atoms with Crippen LogP contribution in [-0.2, 0) is 12.0 Å². The van der Waals surface area contributed by atoms with Gasteiger partial charge in [0.05, 0.1) is 6.54 Å². The predicted octanol–water partition coefficient (Wildman–Crippen LogP) is 2.76. The monoisotopic (exact) mass is 385 g/mol. The van der Waals surface area contributed by atoms with Gasteiger partial charge in [0.15, 0.2) is 17.0 Å². The van der Waals surface area contributed by atoms with Gasteiger partial charge in [-0.3, -0.25) is 0 Å². The molecule has 7 nitrogen and oxygen atoms in total. The summed E-state index contributed by atoms with van der Waals surface area (Å²) in [5.74, 6) is 1.59. The van der Waals surface area contributed by atoms with Crippen molar-refractivity contribution in [1.82, 2.24) is 25.0 Å². The highest BCUT2D eigenvalue weighted by atomic mass is 35.5. The van der Waals surface area contributed by atoms with Crippen LogP contribution in [0.25, 0.3) is 11.2 Å². The Morgan fingerprint density at radius 2 is 2.00 bits per heavy atom. The number of nitrogens with two attached hydrogens (primary N) is 1. The van der Waals surface area contributed by atoms with E-state index in [1.807, 2.05) is 24.3 Å². The number of nitrogens with zero attached hydrogens (tertiary/aromatic N) is 6. The molecule has 1 saturated heterocycles. The summed E-state index contributed by atoms with van der Waals surface area (Å²) in [5, 5.41) is 9.46. The minimum Gasteiger partial charge on any atom is -0.353 e. The maximum absolute atomic E-state index is 6.33. The third-order valence-electron chi connectivity index (χ3n) is 4.82. The maximum atomic E-state index is 6.33. The number of benzene rings is 1. The molecule has 0 aliphatic carbocycles. The molecule has 142 valence electrons. The van der Waals surface area contributed by atoms with Crippen LogP contribution < -0.4 is 10.6 Å². The van der Waals surface area contributed by atoms with Crippen LogP contribution in [-0.4, -0.2) is 44.1 Å². The lowest BCUT2D eigenvalue weighted by molar-refractivity contribution is 0.545. The van der Waals surface area contributed by atoms with E-state index in [0.717, 1.165) is 42.4 Å². The van der Waals surface area contributed by atoms with Gasteiger partial charge in [-0.05, 0) is 18.1 Å². The van der Waals surface area contributed by atoms with Gasteiger partial charge in [0, 0.05) is 29.6 Å². The Hall–Kier alpha value is -2.25. The molecule has 0 saturated carbocycles. The molecule has 2 N–H and O–H groups in total. The minimum atomic E-state index is -0.190. The molecule has 1 aromatic carbocycles. The van der Waals surface area contributed by atoms with Crippen LogP contribution in [0.15, 0.2) is 24.3 Å². The van der Waals surface area contributed by atoms with E-state index in [9.17, 15) is 0 Å². The first-order valence-electron chi connectivity index (χ1n) is 9.18. The van der Waals surface area contributed by atoms with E-state index >= 15 is 0 Å². The summed E-state index contributed by atoms with van der Waals surface area (Å²) < 4.78 is 1.80. The molecule has 8 heteroatoms. The molecule has 0 amide bonds. The van der Waals surface area contributed by atoms with Gasteiger partial charge in [-0.2, -0.15) is 0 Å². The van der Waals surface area contributed by atoms with E-state index in [0.29, 0.717) is 17.1 Å². The average molecular weight is 386 g/mol. The minimum absolute atomic E-state index is 0.159. The van der Waals surface area contributed by atoms with Crippen LogP contribution in [0.4, 0.5) is 5.82 Å². The Balaban J connectivity index is 1.84. The highest BCUT2D eigenvalue weighted by Gasteiger charge is 2.28. The van der Waals surface area contributed by atoms with E-state index in [2.05, 4.69) is 36.0 Å². The lowest BCUT2D eigenvalue weighted by Gasteiger charge is -2.22. The zero-order valence-corrected chi connectivity index (χ0v) is 16.6. The molecule has 1 fully saturated rings. The normalized spacial score (nSPS) is 17.8. The first-order valence-corrected chi connectivity index (χ1v) is 9.56. The predicted molar refractivity (Wildman–Crippen MR) is 107 cm³/mol. The summed E-state index contributed by atoms with van der Waals surface area (Å²) >= 11 is 6.33. The zero-order chi connectivity index (χ0) is 19.2. The van der Waals surface area contributed by atoms with E-state index in [1.165, 1.54) is 0 Å². The van der Waals surface area contributed by atoms with Crippen LogP contribution in [0, 0.1) is 0 Å². The number of anilines is 1. The second-order valence-electron chi connectivity index (χ2n) is 8.13. The number of hydrogen-bond acceptors (Lipinski definition) is 6. The quantitative estimate of drug-likeness (QED) is 0.746. The third kappa shape index (κ3) is 3.49. The Bertz CT molecular complexity index is 976. The maximum Gasteiger partial charge on any atom is 0.184 e. The molecule has 4 rings (SSSR count). The molecule has 0 spiro atoms. The molecule has 1 aliphatic rings. The second kappa shape index (κ2) is 6.73. The SMILES string of the molecule is CC(C)(C)c1nc(N2CCC(N)C2)c2nnn(Cc3ccccc3Cl)c2n1. The molecular formula is C19H24ClN7. The first-order chi connectivity index (χ1) is 12.8. The molecule has 3 aromatic rings. The van der Waals surface area contributed by atoms with Crippen molar-refractivity contribution in [1.29, 1.82) is 0 Å². The summed E-state index contributed by atoms with van der Waals surface area (Å²) in [4.78, 5) is 11.8. The highest BCUT2D eigenvalue weighted by molar-refractivity contribution is 6.31. The number of hydrogen-bond donors (Lipinski definition) is 1. The van der Waals surface area contributed by atoms with Crippen LogP contribution >= 0.6 is 11.6 Å². The second-order valence-corrected chi connectivity index (χ2v) is 8.53. The Morgan fingerprint density at radius 3 is 2.67 bits per heavy atom. The van der Waals surface area contributed by atoms with Gasteiger partial charge >= 0.3 is 0 Å². The van der Waals surface area contributed by atoms with Crippen molar-refractivity contribution in [3.05, 3.63) is 40.7 Å². The van der Waals surface area contributed by atoms with Gasteiger partial charge < -0.3 is 10.6 Å². The Labute approximate surface area is 163 Å². The number of halogens is 1. The van der Waals surface area contributed by atoms with Crippen molar-refractivity contribution < 1.29 is 0 Å². The Kier molecular flexibility index (Phi) is 4.52. The summed E-state index contributed by atoms with van der Waals surface area (Å²) in [6.45, 7) is 8.47. The van der Waals surface area contributed by atoms with Crippen molar-refractivity contribution in [2.75, 3.05) is 18.0 Å². The van der Waals surface area contributed by atoms with Gasteiger partial charge in [0.2, 0.25) is 0 Å². The molecular weight excluding hydrogens is 362 g/mol. The summed E-state index contributed by atoms with van der Waals surface area (Å²) in [6, 6.07) is 7.91. The molecule has 2 aromatic heterocycles. The average Bonchev–Trinajstić information content (AvgIpc) is 3.22. The summed E-state index contributed by atoms with van der Waals surface area (Å²) in [5.41, 5.74) is 8.34. The van der Waals surface area contributed by atoms with Crippen LogP contribution in [0.1, 0.15) is 38.6 Å². The Morgan fingerprint density at radius 1 is 1.22 bits per heavy atom. The van der Waals surface area contributed by atoms with Crippen molar-refractivity contribution in [3.63, 3.8) is 0 Å². The van der Waals surface area contributed by atoms with E-state index in [1.54, 1.807) is 4.68 Å². The first kappa shape index (κ1) is 18.1. The number of aromatic nitrogens is 5. The van der Waals surface area contributed by atoms with Crippen molar-refractivity contribution >= 4 is 28.6 Å². The van der Waals surface area contributed by atoms with Gasteiger partial charge in [0.1, 0.15) is 5.82 Å². The molecule has 1 atom stereocenters. The van der Waals surface area contributed by atoms with Crippen molar-refractivity contribution in [2.24, 2.45) is 5.73 Å². The largest absolute Gasteiger partial charge is 0.353 e. The summed E-state index contributed by atoms with van der Waals surface area (Å²) in [6.07, 6.45) is 0.949. The van der Waals surface area contributed by atoms with E-state index < -0.39 is 0 Å². The van der Waals surface area contributed by atoms with E-state index in [4.69, 9.17) is 27.3 Å². The van der Waals surface area contributed by atoms with Gasteiger partial charge in [0.25, 0.3) is 0 Å². The van der Waals surface area contributed by atoms with Gasteiger partial charge in [-0.1, -0.05) is 55.8 Å². The molecule has 1 unspecified atom stereocenters. The third-order valence-corrected chi connectivity index (χ3v) is 5.19. The highest BCUT2D eigenvalue weighted by Crippen LogP contribution is 2.29. The van der Waals surface area contributed by atoms with Crippen LogP contribution in [0.5, 0.6) is 0 Å². The fraction of sp³-hybridized carbons (Fsp3) is 0.474. The van der Waals surface area contributed by atoms with Gasteiger partial charge in [-0.25, -0.2) is 14.6 Å². The van der Waals surface area contributed by atoms with E-state index in [-0.39, 0.29) is 11.5 Å². The molecule has 0 bridgehead atoms. The fourth-order valence-electron chi connectivity index (χ4n) is 3.27. The molecule has 27 heavy (non-hydrogen) atoms. The zero-order valence-electron chi connectivity index (χ0n) is 15.9. The number of rotatable bonds is 3. The van der Waals surface area contributed by atoms with Crippen molar-refractivity contribution in [2.45, 2.75) is 45.2 Å². The van der Waals surface area contributed by atoms with Crippen LogP contribution in [0.3, 0.4) is 0 Å². The summed E-state index contributed by atoms with van der Waals surface area (Å²) in [7, 11) is 0. The van der Waals surface area contributed by atoms with Gasteiger partial charge in [-0.15, -0.1) is 5.10 Å². The van der Waals surface area contributed by atoms with Crippen LogP contribution in [0.2, 0.25) is 5.02 Å². The molecule has 1 aliphatic heterocycles. The molecule has 0 radical (unpaired) electrons. The lowest BCUT2D eigenvalue weighted by Crippen LogP contribution is -2.28. The molecule has 3 heterocycles. The topological polar surface area (TPSA) is 85.8 Å². The number of fused-ring (bicyclic) bond motifs is 1. The van der Waals surface area contributed by atoms with Crippen molar-refractivity contribution in [3.8, 4) is 0 Å².